The van der Waals surface area contributed by atoms with Crippen LogP contribution in [0.15, 0.2) is 0 Å². The number of likely N-dealkylation sites (tertiary alicyclic amines) is 1. The van der Waals surface area contributed by atoms with Gasteiger partial charge in [0.1, 0.15) is 5.60 Å². The van der Waals surface area contributed by atoms with E-state index in [0.717, 1.165) is 65.0 Å². The van der Waals surface area contributed by atoms with Gasteiger partial charge in [0.05, 0.1) is 13.1 Å². The zero-order valence-electron chi connectivity index (χ0n) is 12.6. The van der Waals surface area contributed by atoms with E-state index in [1.54, 1.807) is 0 Å². The maximum Gasteiger partial charge on any atom is 0.225 e. The minimum absolute atomic E-state index is 0.0193. The normalized spacial score (nSPS) is 29.1. The molecule has 1 atom stereocenters. The molecule has 1 amide bonds. The highest BCUT2D eigenvalue weighted by Gasteiger charge is 2.50. The average Bonchev–Trinajstić information content (AvgIpc) is 2.34. The summed E-state index contributed by atoms with van der Waals surface area (Å²) in [5.74, 6) is 1.41. The quantitative estimate of drug-likeness (QED) is 0.725. The Labute approximate surface area is 121 Å². The van der Waals surface area contributed by atoms with Crippen molar-refractivity contribution in [1.29, 1.82) is 0 Å². The summed E-state index contributed by atoms with van der Waals surface area (Å²) >= 11 is 0. The highest BCUT2D eigenvalue weighted by atomic mass is 16.5. The molecule has 3 aliphatic rings. The average molecular weight is 281 g/mol. The molecule has 3 fully saturated rings. The molecule has 1 saturated carbocycles. The molecule has 3 rings (SSSR count). The molecule has 0 N–H and O–H groups in total. The third-order valence-electron chi connectivity index (χ3n) is 5.19. The Hall–Kier alpha value is -0.610. The fraction of sp³-hybridized carbons (Fsp3) is 0.938. The molecule has 0 aromatic rings. The summed E-state index contributed by atoms with van der Waals surface area (Å²) in [6.07, 6.45) is 6.81. The van der Waals surface area contributed by atoms with Crippen molar-refractivity contribution in [2.24, 2.45) is 11.8 Å². The Bertz CT molecular complexity index is 348. The van der Waals surface area contributed by atoms with Gasteiger partial charge in [-0.1, -0.05) is 6.42 Å². The van der Waals surface area contributed by atoms with Crippen LogP contribution in [-0.4, -0.2) is 49.3 Å². The van der Waals surface area contributed by atoms with Gasteiger partial charge in [-0.05, 0) is 44.9 Å². The van der Waals surface area contributed by atoms with Gasteiger partial charge in [-0.15, -0.1) is 0 Å². The van der Waals surface area contributed by atoms with E-state index in [1.807, 2.05) is 11.8 Å². The van der Waals surface area contributed by atoms with Gasteiger partial charge in [-0.2, -0.15) is 0 Å². The third kappa shape index (κ3) is 2.86. The monoisotopic (exact) mass is 281 g/mol. The van der Waals surface area contributed by atoms with Crippen molar-refractivity contribution in [2.75, 3.05) is 32.9 Å². The number of ether oxygens (including phenoxy) is 2. The molecule has 4 nitrogen and oxygen atoms in total. The van der Waals surface area contributed by atoms with Crippen LogP contribution in [0.25, 0.3) is 0 Å². The number of hydrogen-bond acceptors (Lipinski definition) is 3. The molecule has 0 radical (unpaired) electrons. The largest absolute Gasteiger partial charge is 0.382 e. The van der Waals surface area contributed by atoms with E-state index >= 15 is 0 Å². The highest BCUT2D eigenvalue weighted by Crippen LogP contribution is 2.40. The van der Waals surface area contributed by atoms with Crippen molar-refractivity contribution < 1.29 is 14.3 Å². The second-order valence-corrected chi connectivity index (χ2v) is 6.70. The van der Waals surface area contributed by atoms with E-state index in [2.05, 4.69) is 0 Å². The minimum atomic E-state index is -0.0193. The van der Waals surface area contributed by atoms with Gasteiger partial charge in [0.15, 0.2) is 0 Å². The van der Waals surface area contributed by atoms with Crippen molar-refractivity contribution in [3.05, 3.63) is 0 Å². The zero-order valence-corrected chi connectivity index (χ0v) is 12.6. The van der Waals surface area contributed by atoms with Crippen molar-refractivity contribution >= 4 is 5.91 Å². The minimum Gasteiger partial charge on any atom is -0.382 e. The first-order valence-electron chi connectivity index (χ1n) is 8.23. The van der Waals surface area contributed by atoms with Crippen molar-refractivity contribution in [2.45, 2.75) is 51.0 Å². The van der Waals surface area contributed by atoms with Crippen LogP contribution >= 0.6 is 0 Å². The lowest BCUT2D eigenvalue weighted by Crippen LogP contribution is -2.67. The smallest absolute Gasteiger partial charge is 0.225 e. The number of carbonyl (C=O) groups excluding carboxylic acids is 1. The summed E-state index contributed by atoms with van der Waals surface area (Å²) < 4.78 is 11.5. The first-order valence-corrected chi connectivity index (χ1v) is 8.23. The predicted molar refractivity (Wildman–Crippen MR) is 76.4 cm³/mol. The summed E-state index contributed by atoms with van der Waals surface area (Å²) in [6, 6.07) is 0. The van der Waals surface area contributed by atoms with Crippen LogP contribution in [0.3, 0.4) is 0 Å². The predicted octanol–water partition coefficient (Wildman–Crippen LogP) is 2.22. The summed E-state index contributed by atoms with van der Waals surface area (Å²) in [7, 11) is 0. The molecule has 0 bridgehead atoms. The van der Waals surface area contributed by atoms with Gasteiger partial charge in [0, 0.05) is 25.7 Å². The van der Waals surface area contributed by atoms with Crippen molar-refractivity contribution in [3.8, 4) is 0 Å². The molecule has 0 aromatic carbocycles. The molecular formula is C16H27NO3. The third-order valence-corrected chi connectivity index (χ3v) is 5.19. The van der Waals surface area contributed by atoms with Crippen LogP contribution in [0.1, 0.15) is 45.4 Å². The molecule has 20 heavy (non-hydrogen) atoms. The SMILES string of the molecule is CCOCCC1CCOC2(C1)CN(C(=O)C1CCC1)C2. The Morgan fingerprint density at radius 1 is 1.35 bits per heavy atom. The molecule has 2 aliphatic heterocycles. The van der Waals surface area contributed by atoms with E-state index in [0.29, 0.717) is 17.7 Å². The van der Waals surface area contributed by atoms with Gasteiger partial charge in [-0.3, -0.25) is 4.79 Å². The fourth-order valence-electron chi connectivity index (χ4n) is 3.71. The first kappa shape index (κ1) is 14.3. The number of carbonyl (C=O) groups is 1. The van der Waals surface area contributed by atoms with Crippen LogP contribution in [0.4, 0.5) is 0 Å². The van der Waals surface area contributed by atoms with Crippen molar-refractivity contribution in [3.63, 3.8) is 0 Å². The van der Waals surface area contributed by atoms with Crippen LogP contribution in [0.2, 0.25) is 0 Å². The lowest BCUT2D eigenvalue weighted by Gasteiger charge is -2.54. The topological polar surface area (TPSA) is 38.8 Å². The van der Waals surface area contributed by atoms with Gasteiger partial charge in [-0.25, -0.2) is 0 Å². The Morgan fingerprint density at radius 2 is 2.15 bits per heavy atom. The second-order valence-electron chi connectivity index (χ2n) is 6.70. The second kappa shape index (κ2) is 6.02. The van der Waals surface area contributed by atoms with E-state index in [9.17, 15) is 4.79 Å². The fourth-order valence-corrected chi connectivity index (χ4v) is 3.71. The molecular weight excluding hydrogens is 254 g/mol. The highest BCUT2D eigenvalue weighted by molar-refractivity contribution is 5.80. The Kier molecular flexibility index (Phi) is 4.32. The molecule has 0 aromatic heterocycles. The van der Waals surface area contributed by atoms with E-state index in [-0.39, 0.29) is 5.60 Å². The molecule has 2 heterocycles. The summed E-state index contributed by atoms with van der Waals surface area (Å²) in [6.45, 7) is 6.21. The molecule has 114 valence electrons. The van der Waals surface area contributed by atoms with Crippen LogP contribution in [0, 0.1) is 11.8 Å². The van der Waals surface area contributed by atoms with Gasteiger partial charge in [0.2, 0.25) is 5.91 Å². The number of amides is 1. The number of nitrogens with zero attached hydrogens (tertiary/aromatic N) is 1. The first-order chi connectivity index (χ1) is 9.72. The van der Waals surface area contributed by atoms with Crippen LogP contribution in [-0.2, 0) is 14.3 Å². The Balaban J connectivity index is 1.44. The molecule has 2 saturated heterocycles. The number of hydrogen-bond donors (Lipinski definition) is 0. The maximum absolute atomic E-state index is 12.2. The van der Waals surface area contributed by atoms with Crippen LogP contribution in [0.5, 0.6) is 0 Å². The molecule has 4 heteroatoms. The number of rotatable bonds is 5. The van der Waals surface area contributed by atoms with E-state index in [1.165, 1.54) is 6.42 Å². The maximum atomic E-state index is 12.2. The summed E-state index contributed by atoms with van der Waals surface area (Å²) in [5.41, 5.74) is -0.0193. The molecule has 1 aliphatic carbocycles. The van der Waals surface area contributed by atoms with Crippen LogP contribution < -0.4 is 0 Å². The van der Waals surface area contributed by atoms with E-state index in [4.69, 9.17) is 9.47 Å². The summed E-state index contributed by atoms with van der Waals surface area (Å²) in [4.78, 5) is 14.2. The molecule has 1 spiro atoms. The lowest BCUT2D eigenvalue weighted by atomic mass is 9.77. The zero-order chi connectivity index (χ0) is 14.0. The summed E-state index contributed by atoms with van der Waals surface area (Å²) in [5, 5.41) is 0. The Morgan fingerprint density at radius 3 is 2.80 bits per heavy atom. The standard InChI is InChI=1S/C16H27NO3/c1-2-19-8-6-13-7-9-20-16(10-13)11-17(12-16)15(18)14-4-3-5-14/h13-14H,2-12H2,1H3. The van der Waals surface area contributed by atoms with Gasteiger partial charge < -0.3 is 14.4 Å². The van der Waals surface area contributed by atoms with E-state index < -0.39 is 0 Å². The lowest BCUT2D eigenvalue weighted by molar-refractivity contribution is -0.193. The van der Waals surface area contributed by atoms with Crippen molar-refractivity contribution in [1.82, 2.24) is 4.90 Å². The molecule has 1 unspecified atom stereocenters. The van der Waals surface area contributed by atoms with Gasteiger partial charge in [0.25, 0.3) is 0 Å². The van der Waals surface area contributed by atoms with Gasteiger partial charge >= 0.3 is 0 Å².